The van der Waals surface area contributed by atoms with Crippen LogP contribution < -0.4 is 10.1 Å². The van der Waals surface area contributed by atoms with E-state index < -0.39 is 10.0 Å². The van der Waals surface area contributed by atoms with Gasteiger partial charge >= 0.3 is 0 Å². The van der Waals surface area contributed by atoms with Crippen molar-refractivity contribution in [3.63, 3.8) is 0 Å². The number of para-hydroxylation sites is 2. The maximum atomic E-state index is 12.6. The highest BCUT2D eigenvalue weighted by Crippen LogP contribution is 2.25. The Morgan fingerprint density at radius 3 is 2.59 bits per heavy atom. The second kappa shape index (κ2) is 10.1. The standard InChI is InChI=1S/C23H30N4O4S/c1-5-15-31-21-10-8-7-9-18(21)25-23(28)14-13-22-24-19-16-17(32(29,30)26(3)4)11-12-20(19)27(22)6-2/h7-12,16H,5-6,13-15H2,1-4H3,(H,25,28). The average molecular weight is 459 g/mol. The molecular formula is C23H30N4O4S. The maximum Gasteiger partial charge on any atom is 0.242 e. The van der Waals surface area contributed by atoms with Crippen LogP contribution in [0.1, 0.15) is 32.5 Å². The molecule has 3 aromatic rings. The number of carbonyl (C=O) groups excluding carboxylic acids is 1. The van der Waals surface area contributed by atoms with Crippen molar-refractivity contribution in [3.8, 4) is 5.75 Å². The molecule has 2 aromatic carbocycles. The van der Waals surface area contributed by atoms with Crippen LogP contribution in [-0.4, -0.2) is 48.9 Å². The van der Waals surface area contributed by atoms with Crippen LogP contribution in [0.4, 0.5) is 5.69 Å². The first-order valence-corrected chi connectivity index (χ1v) is 12.1. The molecule has 0 atom stereocenters. The molecule has 1 heterocycles. The molecule has 8 nitrogen and oxygen atoms in total. The second-order valence-corrected chi connectivity index (χ2v) is 9.75. The molecule has 1 amide bonds. The molecule has 0 bridgehead atoms. The van der Waals surface area contributed by atoms with Gasteiger partial charge in [0.05, 0.1) is 28.2 Å². The predicted molar refractivity (Wildman–Crippen MR) is 125 cm³/mol. The minimum absolute atomic E-state index is 0.136. The summed E-state index contributed by atoms with van der Waals surface area (Å²) in [5.41, 5.74) is 2.09. The zero-order valence-electron chi connectivity index (χ0n) is 19.0. The molecule has 0 spiro atoms. The Bertz CT molecular complexity index is 1200. The molecular weight excluding hydrogens is 428 g/mol. The van der Waals surface area contributed by atoms with Crippen molar-refractivity contribution in [1.29, 1.82) is 0 Å². The van der Waals surface area contributed by atoms with Crippen LogP contribution >= 0.6 is 0 Å². The number of amides is 1. The van der Waals surface area contributed by atoms with Crippen LogP contribution in [0.5, 0.6) is 5.75 Å². The van der Waals surface area contributed by atoms with Crippen molar-refractivity contribution in [2.75, 3.05) is 26.0 Å². The van der Waals surface area contributed by atoms with Gasteiger partial charge in [-0.2, -0.15) is 0 Å². The van der Waals surface area contributed by atoms with Gasteiger partial charge in [0, 0.05) is 33.5 Å². The number of nitrogens with zero attached hydrogens (tertiary/aromatic N) is 3. The van der Waals surface area contributed by atoms with E-state index in [0.29, 0.717) is 36.5 Å². The molecule has 3 rings (SSSR count). The lowest BCUT2D eigenvalue weighted by Crippen LogP contribution is -2.22. The second-order valence-electron chi connectivity index (χ2n) is 7.60. The molecule has 0 aliphatic carbocycles. The minimum Gasteiger partial charge on any atom is -0.491 e. The molecule has 0 unspecified atom stereocenters. The smallest absolute Gasteiger partial charge is 0.242 e. The van der Waals surface area contributed by atoms with Gasteiger partial charge in [-0.3, -0.25) is 4.79 Å². The molecule has 0 radical (unpaired) electrons. The largest absolute Gasteiger partial charge is 0.491 e. The summed E-state index contributed by atoms with van der Waals surface area (Å²) in [6.45, 7) is 5.27. The third-order valence-electron chi connectivity index (χ3n) is 5.09. The molecule has 0 aliphatic heterocycles. The molecule has 172 valence electrons. The van der Waals surface area contributed by atoms with Gasteiger partial charge in [-0.05, 0) is 43.7 Å². The highest BCUT2D eigenvalue weighted by molar-refractivity contribution is 7.89. The van der Waals surface area contributed by atoms with Gasteiger partial charge in [-0.1, -0.05) is 19.1 Å². The molecule has 0 saturated carbocycles. The van der Waals surface area contributed by atoms with Gasteiger partial charge in [0.25, 0.3) is 0 Å². The van der Waals surface area contributed by atoms with Crippen LogP contribution in [-0.2, 0) is 27.8 Å². The van der Waals surface area contributed by atoms with Crippen molar-refractivity contribution in [2.45, 2.75) is 44.6 Å². The number of nitrogens with one attached hydrogen (secondary N) is 1. The van der Waals surface area contributed by atoms with E-state index in [1.807, 2.05) is 42.7 Å². The Kier molecular flexibility index (Phi) is 7.52. The number of hydrogen-bond acceptors (Lipinski definition) is 5. The van der Waals surface area contributed by atoms with Crippen molar-refractivity contribution in [1.82, 2.24) is 13.9 Å². The summed E-state index contributed by atoms with van der Waals surface area (Å²) >= 11 is 0. The first-order valence-electron chi connectivity index (χ1n) is 10.7. The SMILES string of the molecule is CCCOc1ccccc1NC(=O)CCc1nc2cc(S(=O)(=O)N(C)C)ccc2n1CC. The van der Waals surface area contributed by atoms with E-state index in [1.54, 1.807) is 18.2 Å². The lowest BCUT2D eigenvalue weighted by Gasteiger charge is -2.12. The number of aryl methyl sites for hydroxylation is 2. The number of rotatable bonds is 10. The molecule has 9 heteroatoms. The topological polar surface area (TPSA) is 93.5 Å². The molecule has 32 heavy (non-hydrogen) atoms. The lowest BCUT2D eigenvalue weighted by molar-refractivity contribution is -0.116. The van der Waals surface area contributed by atoms with E-state index in [2.05, 4.69) is 10.3 Å². The van der Waals surface area contributed by atoms with Crippen LogP contribution in [0.3, 0.4) is 0 Å². The highest BCUT2D eigenvalue weighted by Gasteiger charge is 2.20. The Morgan fingerprint density at radius 2 is 1.91 bits per heavy atom. The number of carbonyl (C=O) groups is 1. The fourth-order valence-corrected chi connectivity index (χ4v) is 4.34. The number of aromatic nitrogens is 2. The van der Waals surface area contributed by atoms with E-state index in [1.165, 1.54) is 18.4 Å². The number of ether oxygens (including phenoxy) is 1. The van der Waals surface area contributed by atoms with Crippen molar-refractivity contribution in [3.05, 3.63) is 48.3 Å². The van der Waals surface area contributed by atoms with E-state index in [4.69, 9.17) is 4.74 Å². The zero-order chi connectivity index (χ0) is 23.3. The summed E-state index contributed by atoms with van der Waals surface area (Å²) in [6, 6.07) is 12.3. The average Bonchev–Trinajstić information content (AvgIpc) is 3.13. The monoisotopic (exact) mass is 458 g/mol. The number of fused-ring (bicyclic) bond motifs is 1. The normalized spacial score (nSPS) is 11.8. The van der Waals surface area contributed by atoms with Crippen LogP contribution in [0.2, 0.25) is 0 Å². The zero-order valence-corrected chi connectivity index (χ0v) is 19.8. The van der Waals surface area contributed by atoms with E-state index in [-0.39, 0.29) is 17.2 Å². The number of hydrogen-bond donors (Lipinski definition) is 1. The van der Waals surface area contributed by atoms with Gasteiger partial charge in [0.2, 0.25) is 15.9 Å². The predicted octanol–water partition coefficient (Wildman–Crippen LogP) is 3.67. The Hall–Kier alpha value is -2.91. The van der Waals surface area contributed by atoms with Crippen LogP contribution in [0.15, 0.2) is 47.4 Å². The third kappa shape index (κ3) is 5.11. The van der Waals surface area contributed by atoms with Gasteiger partial charge in [0.15, 0.2) is 0 Å². The first kappa shape index (κ1) is 23.7. The minimum atomic E-state index is -3.54. The van der Waals surface area contributed by atoms with E-state index >= 15 is 0 Å². The molecule has 0 fully saturated rings. The summed E-state index contributed by atoms with van der Waals surface area (Å²) < 4.78 is 33.8. The Morgan fingerprint density at radius 1 is 1.16 bits per heavy atom. The highest BCUT2D eigenvalue weighted by atomic mass is 32.2. The number of sulfonamides is 1. The molecule has 1 N–H and O–H groups in total. The Balaban J connectivity index is 1.77. The molecule has 0 saturated heterocycles. The lowest BCUT2D eigenvalue weighted by atomic mass is 10.2. The van der Waals surface area contributed by atoms with Crippen molar-refractivity contribution < 1.29 is 17.9 Å². The van der Waals surface area contributed by atoms with Crippen molar-refractivity contribution in [2.24, 2.45) is 0 Å². The van der Waals surface area contributed by atoms with Crippen LogP contribution in [0, 0.1) is 0 Å². The van der Waals surface area contributed by atoms with Crippen molar-refractivity contribution >= 4 is 32.7 Å². The van der Waals surface area contributed by atoms with Gasteiger partial charge in [0.1, 0.15) is 11.6 Å². The fourth-order valence-electron chi connectivity index (χ4n) is 3.42. The van der Waals surface area contributed by atoms with E-state index in [0.717, 1.165) is 17.8 Å². The first-order chi connectivity index (χ1) is 15.3. The summed E-state index contributed by atoms with van der Waals surface area (Å²) in [4.78, 5) is 17.4. The molecule has 1 aromatic heterocycles. The summed E-state index contributed by atoms with van der Waals surface area (Å²) in [6.07, 6.45) is 1.56. The number of anilines is 1. The van der Waals surface area contributed by atoms with Gasteiger partial charge in [-0.25, -0.2) is 17.7 Å². The van der Waals surface area contributed by atoms with E-state index in [9.17, 15) is 13.2 Å². The quantitative estimate of drug-likeness (QED) is 0.500. The van der Waals surface area contributed by atoms with Gasteiger partial charge in [-0.15, -0.1) is 0 Å². The maximum absolute atomic E-state index is 12.6. The third-order valence-corrected chi connectivity index (χ3v) is 6.90. The fraction of sp³-hybridized carbons (Fsp3) is 0.391. The summed E-state index contributed by atoms with van der Waals surface area (Å²) in [7, 11) is -0.542. The Labute approximate surface area is 189 Å². The summed E-state index contributed by atoms with van der Waals surface area (Å²) in [5.74, 6) is 1.26. The van der Waals surface area contributed by atoms with Gasteiger partial charge < -0.3 is 14.6 Å². The summed E-state index contributed by atoms with van der Waals surface area (Å²) in [5, 5.41) is 2.92. The number of imidazole rings is 1. The molecule has 0 aliphatic rings. The van der Waals surface area contributed by atoms with Crippen LogP contribution in [0.25, 0.3) is 11.0 Å². The number of benzene rings is 2.